The average Bonchev–Trinajstić information content (AvgIpc) is 2.04. The van der Waals surface area contributed by atoms with Gasteiger partial charge in [-0.3, -0.25) is 0 Å². The smallest absolute Gasteiger partial charge is 0.0401 e. The lowest BCUT2D eigenvalue weighted by Gasteiger charge is -2.19. The Bertz CT molecular complexity index is 250. The molecule has 1 heterocycles. The third kappa shape index (κ3) is 1.79. The quantitative estimate of drug-likeness (QED) is 0.626. The van der Waals surface area contributed by atoms with E-state index >= 15 is 0 Å². The zero-order valence-electron chi connectivity index (χ0n) is 8.31. The minimum absolute atomic E-state index is 0.590. The maximum absolute atomic E-state index is 3.28. The highest BCUT2D eigenvalue weighted by molar-refractivity contribution is 5.40. The van der Waals surface area contributed by atoms with Crippen LogP contribution in [-0.4, -0.2) is 0 Å². The highest BCUT2D eigenvalue weighted by Gasteiger charge is 2.10. The molecule has 0 aromatic heterocycles. The largest absolute Gasteiger partial charge is 0.362 e. The lowest BCUT2D eigenvalue weighted by molar-refractivity contribution is 0.750. The summed E-state index contributed by atoms with van der Waals surface area (Å²) in [5, 5.41) is 3.28. The Hall–Kier alpha value is -0.980. The minimum Gasteiger partial charge on any atom is -0.362 e. The molecule has 1 aliphatic heterocycles. The van der Waals surface area contributed by atoms with E-state index in [1.165, 1.54) is 16.8 Å². The van der Waals surface area contributed by atoms with Gasteiger partial charge in [0.2, 0.25) is 0 Å². The zero-order chi connectivity index (χ0) is 9.14. The van der Waals surface area contributed by atoms with Crippen LogP contribution in [0.15, 0.2) is 35.2 Å². The first kappa shape index (κ1) is 9.11. The van der Waals surface area contributed by atoms with E-state index in [9.17, 15) is 0 Å². The van der Waals surface area contributed by atoms with Gasteiger partial charge >= 0.3 is 0 Å². The molecule has 0 saturated carbocycles. The molecule has 0 saturated heterocycles. The summed E-state index contributed by atoms with van der Waals surface area (Å²) in [6.45, 7) is 8.71. The number of dihydropyridines is 1. The van der Waals surface area contributed by atoms with Crippen LogP contribution >= 0.6 is 0 Å². The third-order valence-corrected chi connectivity index (χ3v) is 2.01. The van der Waals surface area contributed by atoms with E-state index in [2.05, 4.69) is 45.2 Å². The fourth-order valence-corrected chi connectivity index (χ4v) is 1.36. The average molecular weight is 163 g/mol. The van der Waals surface area contributed by atoms with Crippen LogP contribution < -0.4 is 5.32 Å². The molecule has 0 fully saturated rings. The first-order valence-electron chi connectivity index (χ1n) is 4.44. The number of hydrogen-bond acceptors (Lipinski definition) is 1. The van der Waals surface area contributed by atoms with E-state index in [0.29, 0.717) is 5.92 Å². The van der Waals surface area contributed by atoms with Crippen LogP contribution in [-0.2, 0) is 0 Å². The Labute approximate surface area is 74.9 Å². The standard InChI is InChI=1S/C11H17N/c1-8(2)10-6-5-7-12-11(10)9(3)4/h5-8,12H,1-4H3. The Kier molecular flexibility index (Phi) is 2.74. The molecule has 1 aliphatic rings. The maximum atomic E-state index is 3.28. The fraction of sp³-hybridized carbons (Fsp3) is 0.455. The summed E-state index contributed by atoms with van der Waals surface area (Å²) in [6.07, 6.45) is 6.22. The van der Waals surface area contributed by atoms with E-state index in [-0.39, 0.29) is 0 Å². The molecule has 0 amide bonds. The van der Waals surface area contributed by atoms with Gasteiger partial charge in [0.25, 0.3) is 0 Å². The minimum atomic E-state index is 0.590. The summed E-state index contributed by atoms with van der Waals surface area (Å²) < 4.78 is 0. The Morgan fingerprint density at radius 3 is 2.42 bits per heavy atom. The van der Waals surface area contributed by atoms with Gasteiger partial charge in [-0.25, -0.2) is 0 Å². The molecule has 0 aliphatic carbocycles. The van der Waals surface area contributed by atoms with Gasteiger partial charge in [0.15, 0.2) is 0 Å². The van der Waals surface area contributed by atoms with Crippen molar-refractivity contribution in [2.24, 2.45) is 5.92 Å². The SMILES string of the molecule is CC(C)=C1NC=CC=C1C(C)C. The van der Waals surface area contributed by atoms with Gasteiger partial charge in [0.1, 0.15) is 0 Å². The molecule has 0 bridgehead atoms. The first-order chi connectivity index (χ1) is 5.63. The van der Waals surface area contributed by atoms with E-state index in [4.69, 9.17) is 0 Å². The van der Waals surface area contributed by atoms with Crippen molar-refractivity contribution >= 4 is 0 Å². The van der Waals surface area contributed by atoms with Crippen molar-refractivity contribution in [1.82, 2.24) is 5.32 Å². The van der Waals surface area contributed by atoms with Crippen molar-refractivity contribution in [2.45, 2.75) is 27.7 Å². The maximum Gasteiger partial charge on any atom is 0.0401 e. The molecule has 0 aromatic carbocycles. The van der Waals surface area contributed by atoms with Crippen molar-refractivity contribution in [3.8, 4) is 0 Å². The second-order valence-corrected chi connectivity index (χ2v) is 3.66. The highest BCUT2D eigenvalue weighted by Crippen LogP contribution is 2.22. The monoisotopic (exact) mass is 163 g/mol. The van der Waals surface area contributed by atoms with Crippen molar-refractivity contribution in [3.63, 3.8) is 0 Å². The van der Waals surface area contributed by atoms with Gasteiger partial charge in [-0.05, 0) is 31.4 Å². The predicted molar refractivity (Wildman–Crippen MR) is 53.6 cm³/mol. The molecule has 0 aromatic rings. The molecule has 1 heteroatoms. The van der Waals surface area contributed by atoms with Gasteiger partial charge in [0.05, 0.1) is 0 Å². The number of rotatable bonds is 1. The lowest BCUT2D eigenvalue weighted by Crippen LogP contribution is -2.15. The van der Waals surface area contributed by atoms with E-state index in [1.807, 2.05) is 6.20 Å². The molecule has 12 heavy (non-hydrogen) atoms. The molecule has 0 spiro atoms. The Morgan fingerprint density at radius 1 is 1.33 bits per heavy atom. The summed E-state index contributed by atoms with van der Waals surface area (Å²) in [5.74, 6) is 0.590. The van der Waals surface area contributed by atoms with Crippen LogP contribution in [0.1, 0.15) is 27.7 Å². The van der Waals surface area contributed by atoms with Gasteiger partial charge in [0, 0.05) is 11.9 Å². The molecular weight excluding hydrogens is 146 g/mol. The molecule has 1 rings (SSSR count). The van der Waals surface area contributed by atoms with Crippen LogP contribution in [0.2, 0.25) is 0 Å². The summed E-state index contributed by atoms with van der Waals surface area (Å²) in [5.41, 5.74) is 4.03. The molecule has 0 radical (unpaired) electrons. The second kappa shape index (κ2) is 3.61. The zero-order valence-corrected chi connectivity index (χ0v) is 8.31. The number of nitrogens with one attached hydrogen (secondary N) is 1. The van der Waals surface area contributed by atoms with Crippen LogP contribution in [0.4, 0.5) is 0 Å². The molecular formula is C11H17N. The third-order valence-electron chi connectivity index (χ3n) is 2.01. The lowest BCUT2D eigenvalue weighted by atomic mass is 9.95. The Balaban J connectivity index is 3.00. The first-order valence-corrected chi connectivity index (χ1v) is 4.44. The summed E-state index contributed by atoms with van der Waals surface area (Å²) in [6, 6.07) is 0. The summed E-state index contributed by atoms with van der Waals surface area (Å²) in [4.78, 5) is 0. The molecule has 66 valence electrons. The fourth-order valence-electron chi connectivity index (χ4n) is 1.36. The van der Waals surface area contributed by atoms with Crippen LogP contribution in [0.25, 0.3) is 0 Å². The van der Waals surface area contributed by atoms with E-state index < -0.39 is 0 Å². The number of hydrogen-bond donors (Lipinski definition) is 1. The van der Waals surface area contributed by atoms with Gasteiger partial charge in [-0.15, -0.1) is 0 Å². The summed E-state index contributed by atoms with van der Waals surface area (Å²) in [7, 11) is 0. The molecule has 0 unspecified atom stereocenters. The van der Waals surface area contributed by atoms with Crippen LogP contribution in [0, 0.1) is 5.92 Å². The molecule has 1 N–H and O–H groups in total. The topological polar surface area (TPSA) is 12.0 Å². The van der Waals surface area contributed by atoms with Gasteiger partial charge in [-0.2, -0.15) is 0 Å². The predicted octanol–water partition coefficient (Wildman–Crippen LogP) is 2.98. The van der Waals surface area contributed by atoms with Crippen LogP contribution in [0.3, 0.4) is 0 Å². The van der Waals surface area contributed by atoms with Crippen molar-refractivity contribution in [3.05, 3.63) is 35.2 Å². The molecule has 1 nitrogen and oxygen atoms in total. The van der Waals surface area contributed by atoms with E-state index in [0.717, 1.165) is 0 Å². The van der Waals surface area contributed by atoms with Gasteiger partial charge in [-0.1, -0.05) is 25.5 Å². The van der Waals surface area contributed by atoms with E-state index in [1.54, 1.807) is 0 Å². The van der Waals surface area contributed by atoms with Crippen LogP contribution in [0.5, 0.6) is 0 Å². The normalized spacial score (nSPS) is 16.1. The summed E-state index contributed by atoms with van der Waals surface area (Å²) >= 11 is 0. The molecule has 0 atom stereocenters. The number of allylic oxidation sites excluding steroid dienone is 4. The van der Waals surface area contributed by atoms with Crippen molar-refractivity contribution in [2.75, 3.05) is 0 Å². The highest BCUT2D eigenvalue weighted by atomic mass is 14.9. The second-order valence-electron chi connectivity index (χ2n) is 3.66. The van der Waals surface area contributed by atoms with Crippen molar-refractivity contribution in [1.29, 1.82) is 0 Å². The van der Waals surface area contributed by atoms with Gasteiger partial charge < -0.3 is 5.32 Å². The van der Waals surface area contributed by atoms with Crippen molar-refractivity contribution < 1.29 is 0 Å². The Morgan fingerprint density at radius 2 is 2.00 bits per heavy atom.